The van der Waals surface area contributed by atoms with Crippen LogP contribution in [0.2, 0.25) is 0 Å². The van der Waals surface area contributed by atoms with E-state index in [0.29, 0.717) is 4.47 Å². The summed E-state index contributed by atoms with van der Waals surface area (Å²) in [4.78, 5) is 0. The van der Waals surface area contributed by atoms with E-state index in [1.54, 1.807) is 6.07 Å². The zero-order valence-electron chi connectivity index (χ0n) is 12.5. The Kier molecular flexibility index (Phi) is 5.95. The minimum atomic E-state index is -0.211. The van der Waals surface area contributed by atoms with Crippen LogP contribution in [0.25, 0.3) is 0 Å². The third-order valence-electron chi connectivity index (χ3n) is 3.68. The molecule has 0 saturated carbocycles. The fraction of sp³-hybridized carbons (Fsp3) is 0.333. The van der Waals surface area contributed by atoms with Gasteiger partial charge in [-0.3, -0.25) is 0 Å². The van der Waals surface area contributed by atoms with E-state index in [9.17, 15) is 4.39 Å². The van der Waals surface area contributed by atoms with Gasteiger partial charge in [0.25, 0.3) is 0 Å². The van der Waals surface area contributed by atoms with Crippen LogP contribution in [0.4, 0.5) is 4.39 Å². The molecule has 0 saturated heterocycles. The van der Waals surface area contributed by atoms with Crippen LogP contribution in [-0.4, -0.2) is 6.54 Å². The molecule has 1 unspecified atom stereocenters. The maximum Gasteiger partial charge on any atom is 0.137 e. The smallest absolute Gasteiger partial charge is 0.137 e. The van der Waals surface area contributed by atoms with Gasteiger partial charge in [0, 0.05) is 6.04 Å². The zero-order chi connectivity index (χ0) is 15.2. The Morgan fingerprint density at radius 1 is 1.05 bits per heavy atom. The number of rotatable bonds is 6. The highest BCUT2D eigenvalue weighted by Gasteiger charge is 2.16. The number of hydrogen-bond donors (Lipinski definition) is 1. The Morgan fingerprint density at radius 2 is 1.71 bits per heavy atom. The molecule has 0 aliphatic carbocycles. The number of aryl methyl sites for hydroxylation is 1. The number of likely N-dealkylation sites (N-methyl/N-ethyl adjacent to an activating group) is 1. The van der Waals surface area contributed by atoms with Crippen molar-refractivity contribution in [2.75, 3.05) is 6.54 Å². The molecule has 1 N–H and O–H groups in total. The van der Waals surface area contributed by atoms with Crippen molar-refractivity contribution in [3.8, 4) is 0 Å². The first kappa shape index (κ1) is 16.2. The van der Waals surface area contributed by atoms with Crippen LogP contribution in [-0.2, 0) is 12.8 Å². The summed E-state index contributed by atoms with van der Waals surface area (Å²) in [6.07, 6.45) is 1.90. The Bertz CT molecular complexity index is 580. The highest BCUT2D eigenvalue weighted by atomic mass is 79.9. The van der Waals surface area contributed by atoms with Gasteiger partial charge < -0.3 is 5.32 Å². The summed E-state index contributed by atoms with van der Waals surface area (Å²) in [6.45, 7) is 5.07. The van der Waals surface area contributed by atoms with Crippen molar-refractivity contribution in [3.63, 3.8) is 0 Å². The maximum atomic E-state index is 13.7. The van der Waals surface area contributed by atoms with E-state index >= 15 is 0 Å². The van der Waals surface area contributed by atoms with Crippen molar-refractivity contribution in [1.29, 1.82) is 0 Å². The lowest BCUT2D eigenvalue weighted by Crippen LogP contribution is -2.23. The minimum absolute atomic E-state index is 0.104. The van der Waals surface area contributed by atoms with Crippen LogP contribution in [0, 0.1) is 5.82 Å². The molecule has 0 radical (unpaired) electrons. The second kappa shape index (κ2) is 7.71. The zero-order valence-corrected chi connectivity index (χ0v) is 14.1. The third kappa shape index (κ3) is 4.14. The monoisotopic (exact) mass is 349 g/mol. The predicted molar refractivity (Wildman–Crippen MR) is 90.0 cm³/mol. The number of benzene rings is 2. The lowest BCUT2D eigenvalue weighted by molar-refractivity contribution is 0.538. The van der Waals surface area contributed by atoms with E-state index in [4.69, 9.17) is 0 Å². The first-order chi connectivity index (χ1) is 10.2. The number of nitrogens with one attached hydrogen (secondary N) is 1. The molecule has 1 nitrogen and oxygen atoms in total. The summed E-state index contributed by atoms with van der Waals surface area (Å²) in [5, 5.41) is 3.45. The fourth-order valence-electron chi connectivity index (χ4n) is 2.47. The Morgan fingerprint density at radius 3 is 2.33 bits per heavy atom. The molecule has 0 bridgehead atoms. The largest absolute Gasteiger partial charge is 0.310 e. The molecule has 2 rings (SSSR count). The van der Waals surface area contributed by atoms with Gasteiger partial charge in [-0.25, -0.2) is 4.39 Å². The molecular weight excluding hydrogens is 329 g/mol. The molecule has 0 heterocycles. The van der Waals surface area contributed by atoms with Gasteiger partial charge in [0.2, 0.25) is 0 Å². The van der Waals surface area contributed by atoms with Gasteiger partial charge in [0.1, 0.15) is 5.82 Å². The average molecular weight is 350 g/mol. The van der Waals surface area contributed by atoms with E-state index in [0.717, 1.165) is 24.9 Å². The lowest BCUT2D eigenvalue weighted by Gasteiger charge is -2.20. The van der Waals surface area contributed by atoms with E-state index < -0.39 is 0 Å². The van der Waals surface area contributed by atoms with E-state index in [1.807, 2.05) is 6.07 Å². The summed E-state index contributed by atoms with van der Waals surface area (Å²) < 4.78 is 14.3. The van der Waals surface area contributed by atoms with Gasteiger partial charge in [0.15, 0.2) is 0 Å². The first-order valence-corrected chi connectivity index (χ1v) is 8.20. The Labute approximate surface area is 134 Å². The average Bonchev–Trinajstić information content (AvgIpc) is 2.50. The summed E-state index contributed by atoms with van der Waals surface area (Å²) >= 11 is 3.37. The third-order valence-corrected chi connectivity index (χ3v) is 4.52. The lowest BCUT2D eigenvalue weighted by atomic mass is 9.97. The standard InChI is InChI=1S/C18H21BrFN/c1-3-13-8-10-14(11-9-13)12-17(21-4-2)15-6-5-7-16(20)18(15)19/h5-11,17,21H,3-4,12H2,1-2H3. The first-order valence-electron chi connectivity index (χ1n) is 7.40. The fourth-order valence-corrected chi connectivity index (χ4v) is 3.02. The van der Waals surface area contributed by atoms with Crippen LogP contribution in [0.1, 0.15) is 36.6 Å². The summed E-state index contributed by atoms with van der Waals surface area (Å²) in [5.74, 6) is -0.211. The molecular formula is C18H21BrFN. The van der Waals surface area contributed by atoms with Crippen LogP contribution >= 0.6 is 15.9 Å². The Balaban J connectivity index is 2.24. The van der Waals surface area contributed by atoms with Crippen LogP contribution in [0.3, 0.4) is 0 Å². The summed E-state index contributed by atoms with van der Waals surface area (Å²) in [7, 11) is 0. The molecule has 112 valence electrons. The molecule has 3 heteroatoms. The van der Waals surface area contributed by atoms with Gasteiger partial charge in [0.05, 0.1) is 4.47 Å². The van der Waals surface area contributed by atoms with Gasteiger partial charge in [-0.1, -0.05) is 50.2 Å². The molecule has 0 fully saturated rings. The van der Waals surface area contributed by atoms with Crippen molar-refractivity contribution in [2.45, 2.75) is 32.7 Å². The van der Waals surface area contributed by atoms with Crippen molar-refractivity contribution in [3.05, 3.63) is 69.4 Å². The second-order valence-electron chi connectivity index (χ2n) is 5.13. The highest BCUT2D eigenvalue weighted by Crippen LogP contribution is 2.28. The van der Waals surface area contributed by atoms with Crippen molar-refractivity contribution < 1.29 is 4.39 Å². The molecule has 0 aromatic heterocycles. The molecule has 21 heavy (non-hydrogen) atoms. The second-order valence-corrected chi connectivity index (χ2v) is 5.92. The number of hydrogen-bond acceptors (Lipinski definition) is 1. The summed E-state index contributed by atoms with van der Waals surface area (Å²) in [5.41, 5.74) is 3.57. The van der Waals surface area contributed by atoms with Gasteiger partial charge >= 0.3 is 0 Å². The van der Waals surface area contributed by atoms with E-state index in [1.165, 1.54) is 17.2 Å². The highest BCUT2D eigenvalue weighted by molar-refractivity contribution is 9.10. The molecule has 0 aliphatic rings. The molecule has 0 aliphatic heterocycles. The molecule has 2 aromatic rings. The van der Waals surface area contributed by atoms with Crippen molar-refractivity contribution in [1.82, 2.24) is 5.32 Å². The van der Waals surface area contributed by atoms with Crippen LogP contribution < -0.4 is 5.32 Å². The normalized spacial score (nSPS) is 12.4. The minimum Gasteiger partial charge on any atom is -0.310 e. The van der Waals surface area contributed by atoms with Crippen molar-refractivity contribution in [2.24, 2.45) is 0 Å². The van der Waals surface area contributed by atoms with Crippen LogP contribution in [0.5, 0.6) is 0 Å². The summed E-state index contributed by atoms with van der Waals surface area (Å²) in [6, 6.07) is 14.0. The SMILES string of the molecule is CCNC(Cc1ccc(CC)cc1)c1cccc(F)c1Br. The number of halogens is 2. The molecule has 0 amide bonds. The predicted octanol–water partition coefficient (Wildman–Crippen LogP) is 5.04. The van der Waals surface area contributed by atoms with Gasteiger partial charge in [-0.15, -0.1) is 0 Å². The molecule has 0 spiro atoms. The Hall–Kier alpha value is -1.19. The maximum absolute atomic E-state index is 13.7. The van der Waals surface area contributed by atoms with E-state index in [-0.39, 0.29) is 11.9 Å². The van der Waals surface area contributed by atoms with E-state index in [2.05, 4.69) is 59.4 Å². The van der Waals surface area contributed by atoms with Gasteiger partial charge in [-0.05, 0) is 58.1 Å². The van der Waals surface area contributed by atoms with Gasteiger partial charge in [-0.2, -0.15) is 0 Å². The van der Waals surface area contributed by atoms with Crippen molar-refractivity contribution >= 4 is 15.9 Å². The molecule has 2 aromatic carbocycles. The topological polar surface area (TPSA) is 12.0 Å². The molecule has 1 atom stereocenters. The van der Waals surface area contributed by atoms with Crippen LogP contribution in [0.15, 0.2) is 46.9 Å². The quantitative estimate of drug-likeness (QED) is 0.769.